The Morgan fingerprint density at radius 3 is 1.89 bits per heavy atom. The van der Waals surface area contributed by atoms with Crippen molar-refractivity contribution in [2.45, 2.75) is 44.7 Å². The summed E-state index contributed by atoms with van der Waals surface area (Å²) in [4.78, 5) is 0. The fraction of sp³-hybridized carbons (Fsp3) is 0.368. The summed E-state index contributed by atoms with van der Waals surface area (Å²) in [6, 6.07) is 5.68. The Morgan fingerprint density at radius 1 is 0.893 bits per heavy atom. The third kappa shape index (κ3) is 3.71. The Morgan fingerprint density at radius 2 is 1.46 bits per heavy atom. The number of alkyl halides is 7. The minimum Gasteiger partial charge on any atom is -0.218 e. The van der Waals surface area contributed by atoms with Crippen LogP contribution in [-0.2, 0) is 18.5 Å². The summed E-state index contributed by atoms with van der Waals surface area (Å²) in [5.74, 6) is -0.847. The molecule has 0 amide bonds. The lowest BCUT2D eigenvalue weighted by molar-refractivity contribution is -0.348. The molecule has 0 aliphatic carbocycles. The van der Waals surface area contributed by atoms with Gasteiger partial charge in [0.05, 0.1) is 5.02 Å². The van der Waals surface area contributed by atoms with Crippen molar-refractivity contribution < 1.29 is 35.1 Å². The molecule has 0 N–H and O–H groups in total. The summed E-state index contributed by atoms with van der Waals surface area (Å²) in [7, 11) is 0. The summed E-state index contributed by atoms with van der Waals surface area (Å²) in [5.41, 5.74) is -8.42. The highest BCUT2D eigenvalue weighted by atomic mass is 35.5. The quantitative estimate of drug-likeness (QED) is 0.445. The van der Waals surface area contributed by atoms with Crippen molar-refractivity contribution in [3.05, 3.63) is 57.9 Å². The van der Waals surface area contributed by atoms with E-state index in [0.29, 0.717) is 6.07 Å². The molecule has 153 valence electrons. The van der Waals surface area contributed by atoms with Crippen molar-refractivity contribution in [2.75, 3.05) is 0 Å². The van der Waals surface area contributed by atoms with Gasteiger partial charge in [0, 0.05) is 11.1 Å². The van der Waals surface area contributed by atoms with E-state index in [-0.39, 0.29) is 29.5 Å². The molecule has 0 heterocycles. The van der Waals surface area contributed by atoms with Crippen molar-refractivity contribution in [3.63, 3.8) is 0 Å². The molecule has 0 saturated heterocycles. The van der Waals surface area contributed by atoms with Gasteiger partial charge in [-0.05, 0) is 53.8 Å². The van der Waals surface area contributed by atoms with Crippen molar-refractivity contribution in [1.82, 2.24) is 0 Å². The molecule has 0 unspecified atom stereocenters. The predicted octanol–water partition coefficient (Wildman–Crippen LogP) is 7.36. The Bertz CT molecular complexity index is 853. The minimum absolute atomic E-state index is 0.0237. The van der Waals surface area contributed by atoms with Crippen LogP contribution in [0.5, 0.6) is 0 Å². The fourth-order valence-corrected chi connectivity index (χ4v) is 3.16. The van der Waals surface area contributed by atoms with Gasteiger partial charge in [0.15, 0.2) is 0 Å². The second-order valence-electron chi connectivity index (χ2n) is 6.05. The van der Waals surface area contributed by atoms with E-state index >= 15 is 0 Å². The van der Waals surface area contributed by atoms with E-state index in [9.17, 15) is 35.1 Å². The van der Waals surface area contributed by atoms with Crippen molar-refractivity contribution in [1.29, 1.82) is 0 Å². The zero-order valence-corrected chi connectivity index (χ0v) is 15.4. The third-order valence-electron chi connectivity index (χ3n) is 4.29. The first-order valence-corrected chi connectivity index (χ1v) is 8.52. The molecule has 0 atom stereocenters. The second-order valence-corrected chi connectivity index (χ2v) is 6.45. The van der Waals surface area contributed by atoms with Crippen molar-refractivity contribution in [2.24, 2.45) is 0 Å². The van der Waals surface area contributed by atoms with E-state index in [4.69, 9.17) is 11.6 Å². The first kappa shape index (κ1) is 22.5. The standard InChI is InChI=1S/C19H14ClF8/c1-3-10-7-11(4-2)16(13-6-5-12(21)9-15(13)20)14(8-10)17(22,18(23,24)25)19(26,27)28/h5-6,8-9H,3-4H2,1-2H3. The van der Waals surface area contributed by atoms with Gasteiger partial charge in [-0.2, -0.15) is 26.3 Å². The summed E-state index contributed by atoms with van der Waals surface area (Å²) in [6.07, 6.45) is -12.6. The Balaban J connectivity index is 3.04. The molecule has 0 aliphatic rings. The smallest absolute Gasteiger partial charge is 0.218 e. The van der Waals surface area contributed by atoms with E-state index in [0.717, 1.165) is 18.2 Å². The molecule has 0 nitrogen and oxygen atoms in total. The van der Waals surface area contributed by atoms with Crippen LogP contribution < -0.4 is 0 Å². The molecule has 0 aromatic heterocycles. The van der Waals surface area contributed by atoms with Gasteiger partial charge in [-0.1, -0.05) is 31.5 Å². The van der Waals surface area contributed by atoms with Crippen LogP contribution in [0.15, 0.2) is 24.3 Å². The van der Waals surface area contributed by atoms with E-state index < -0.39 is 40.0 Å². The van der Waals surface area contributed by atoms with Gasteiger partial charge in [-0.3, -0.25) is 0 Å². The zero-order chi connectivity index (χ0) is 21.5. The number of rotatable bonds is 4. The maximum absolute atomic E-state index is 14.9. The van der Waals surface area contributed by atoms with Crippen molar-refractivity contribution >= 4 is 11.6 Å². The van der Waals surface area contributed by atoms with Gasteiger partial charge in [-0.25, -0.2) is 8.78 Å². The van der Waals surface area contributed by atoms with Crippen LogP contribution in [0.25, 0.3) is 11.1 Å². The molecule has 1 radical (unpaired) electrons. The van der Waals surface area contributed by atoms with Gasteiger partial charge in [-0.15, -0.1) is 0 Å². The average Bonchev–Trinajstić information content (AvgIpc) is 2.58. The monoisotopic (exact) mass is 429 g/mol. The predicted molar refractivity (Wildman–Crippen MR) is 89.3 cm³/mol. The molecule has 0 fully saturated rings. The van der Waals surface area contributed by atoms with Crippen LogP contribution in [0.1, 0.15) is 30.5 Å². The Labute approximate surface area is 161 Å². The molecular weight excluding hydrogens is 416 g/mol. The van der Waals surface area contributed by atoms with Gasteiger partial charge in [0.2, 0.25) is 0 Å². The number of halogens is 9. The molecule has 0 spiro atoms. The fourth-order valence-electron chi connectivity index (χ4n) is 2.89. The summed E-state index contributed by atoms with van der Waals surface area (Å²) in [6.45, 7) is 2.96. The van der Waals surface area contributed by atoms with E-state index in [2.05, 4.69) is 6.07 Å². The first-order chi connectivity index (χ1) is 12.8. The number of aryl methyl sites for hydroxylation is 2. The number of hydrogen-bond acceptors (Lipinski definition) is 0. The van der Waals surface area contributed by atoms with Gasteiger partial charge in [0.25, 0.3) is 0 Å². The summed E-state index contributed by atoms with van der Waals surface area (Å²) in [5, 5.41) is -0.444. The Hall–Kier alpha value is -1.83. The maximum atomic E-state index is 14.9. The van der Waals surface area contributed by atoms with E-state index in [1.54, 1.807) is 0 Å². The molecular formula is C19H14ClF8. The maximum Gasteiger partial charge on any atom is 0.435 e. The van der Waals surface area contributed by atoms with Crippen LogP contribution in [0.4, 0.5) is 35.1 Å². The highest BCUT2D eigenvalue weighted by Gasteiger charge is 2.74. The number of benzene rings is 2. The highest BCUT2D eigenvalue weighted by molar-refractivity contribution is 6.33. The van der Waals surface area contributed by atoms with Crippen LogP contribution in [0.2, 0.25) is 5.02 Å². The molecule has 2 rings (SSSR count). The molecule has 2 aromatic carbocycles. The lowest BCUT2D eigenvalue weighted by atomic mass is 9.82. The van der Waals surface area contributed by atoms with Crippen LogP contribution in [-0.4, -0.2) is 12.4 Å². The van der Waals surface area contributed by atoms with Crippen LogP contribution in [0, 0.1) is 11.9 Å². The average molecular weight is 430 g/mol. The molecule has 0 aliphatic heterocycles. The van der Waals surface area contributed by atoms with Crippen LogP contribution >= 0.6 is 11.6 Å². The van der Waals surface area contributed by atoms with Crippen molar-refractivity contribution in [3.8, 4) is 11.1 Å². The van der Waals surface area contributed by atoms with Gasteiger partial charge >= 0.3 is 18.0 Å². The largest absolute Gasteiger partial charge is 0.435 e. The normalized spacial score (nSPS) is 13.1. The van der Waals surface area contributed by atoms with Crippen LogP contribution in [0.3, 0.4) is 0 Å². The molecule has 0 bridgehead atoms. The van der Waals surface area contributed by atoms with Gasteiger partial charge < -0.3 is 0 Å². The minimum atomic E-state index is -6.29. The van der Waals surface area contributed by atoms with Gasteiger partial charge in [0.1, 0.15) is 5.82 Å². The molecule has 28 heavy (non-hydrogen) atoms. The lowest BCUT2D eigenvalue weighted by Crippen LogP contribution is -2.50. The topological polar surface area (TPSA) is 0 Å². The third-order valence-corrected chi connectivity index (χ3v) is 4.60. The number of hydrogen-bond donors (Lipinski definition) is 0. The SMILES string of the molecule is CCc1[c]c(CC)c(-c2ccc(F)cc2Cl)c(C(F)(C(F)(F)F)C(F)(F)F)c1. The summed E-state index contributed by atoms with van der Waals surface area (Å²) < 4.78 is 109. The zero-order valence-electron chi connectivity index (χ0n) is 14.6. The van der Waals surface area contributed by atoms with E-state index in [1.165, 1.54) is 13.8 Å². The second kappa shape index (κ2) is 7.54. The first-order valence-electron chi connectivity index (χ1n) is 8.14. The molecule has 2 aromatic rings. The Kier molecular flexibility index (Phi) is 6.05. The highest BCUT2D eigenvalue weighted by Crippen LogP contribution is 2.56. The molecule has 9 heteroatoms. The molecule has 0 saturated carbocycles. The van der Waals surface area contributed by atoms with E-state index in [1.807, 2.05) is 0 Å². The summed E-state index contributed by atoms with van der Waals surface area (Å²) >= 11 is 5.88. The lowest BCUT2D eigenvalue weighted by Gasteiger charge is -2.33.